The first-order valence-corrected chi connectivity index (χ1v) is 7.19. The summed E-state index contributed by atoms with van der Waals surface area (Å²) in [5.74, 6) is -0.707. The quantitative estimate of drug-likeness (QED) is 0.388. The van der Waals surface area contributed by atoms with Crippen LogP contribution in [0.3, 0.4) is 0 Å². The highest BCUT2D eigenvalue weighted by Crippen LogP contribution is 2.18. The molecule has 6 nitrogen and oxygen atoms in total. The maximum absolute atomic E-state index is 11.6. The molecule has 120 valence electrons. The van der Waals surface area contributed by atoms with Gasteiger partial charge in [-0.1, -0.05) is 6.58 Å². The van der Waals surface area contributed by atoms with Crippen LogP contribution in [-0.4, -0.2) is 44.7 Å². The Morgan fingerprint density at radius 2 is 2.10 bits per heavy atom. The van der Waals surface area contributed by atoms with Crippen molar-refractivity contribution in [2.45, 2.75) is 51.4 Å². The Morgan fingerprint density at radius 3 is 2.76 bits per heavy atom. The van der Waals surface area contributed by atoms with E-state index in [2.05, 4.69) is 6.58 Å². The second-order valence-electron chi connectivity index (χ2n) is 5.05. The Bertz CT molecular complexity index is 365. The highest BCUT2D eigenvalue weighted by atomic mass is 16.7. The third-order valence-electron chi connectivity index (χ3n) is 3.15. The van der Waals surface area contributed by atoms with Crippen molar-refractivity contribution >= 4 is 11.9 Å². The Labute approximate surface area is 125 Å². The van der Waals surface area contributed by atoms with Gasteiger partial charge in [0, 0.05) is 25.5 Å². The van der Waals surface area contributed by atoms with Crippen LogP contribution in [0.25, 0.3) is 0 Å². The number of carbonyl (C=O) groups excluding carboxylic acids is 2. The molecule has 2 unspecified atom stereocenters. The van der Waals surface area contributed by atoms with E-state index in [1.54, 1.807) is 14.0 Å². The highest BCUT2D eigenvalue weighted by molar-refractivity contribution is 5.86. The Hall–Kier alpha value is -1.40. The molecular weight excluding hydrogens is 276 g/mol. The lowest BCUT2D eigenvalue weighted by Gasteiger charge is -2.28. The number of unbranched alkanes of at least 4 members (excludes halogenated alkanes) is 1. The van der Waals surface area contributed by atoms with Gasteiger partial charge in [-0.05, 0) is 26.2 Å². The predicted octanol–water partition coefficient (Wildman–Crippen LogP) is 1.97. The molecule has 0 aromatic rings. The minimum absolute atomic E-state index is 0.0816. The van der Waals surface area contributed by atoms with Gasteiger partial charge in [-0.15, -0.1) is 0 Å². The molecule has 1 heterocycles. The molecular formula is C15H24O6. The van der Waals surface area contributed by atoms with E-state index in [1.165, 1.54) is 0 Å². The fourth-order valence-electron chi connectivity index (χ4n) is 1.89. The lowest BCUT2D eigenvalue weighted by atomic mass is 10.1. The molecule has 6 heteroatoms. The molecule has 0 amide bonds. The molecule has 0 aromatic heterocycles. The van der Waals surface area contributed by atoms with E-state index in [0.717, 1.165) is 6.42 Å². The molecule has 0 N–H and O–H groups in total. The van der Waals surface area contributed by atoms with Crippen molar-refractivity contribution < 1.29 is 28.5 Å². The summed E-state index contributed by atoms with van der Waals surface area (Å²) in [5.41, 5.74) is 0.372. The normalized spacial score (nSPS) is 21.6. The first kappa shape index (κ1) is 17.7. The van der Waals surface area contributed by atoms with Crippen molar-refractivity contribution in [3.05, 3.63) is 12.2 Å². The zero-order valence-corrected chi connectivity index (χ0v) is 12.8. The van der Waals surface area contributed by atoms with Gasteiger partial charge in [-0.2, -0.15) is 0 Å². The number of esters is 2. The number of methoxy groups -OCH3 is 1. The van der Waals surface area contributed by atoms with E-state index in [4.69, 9.17) is 18.9 Å². The zero-order valence-electron chi connectivity index (χ0n) is 12.8. The van der Waals surface area contributed by atoms with Gasteiger partial charge in [0.05, 0.1) is 19.3 Å². The first-order chi connectivity index (χ1) is 10.0. The smallest absolute Gasteiger partial charge is 0.333 e. The molecule has 1 saturated heterocycles. The highest BCUT2D eigenvalue weighted by Gasteiger charge is 2.25. The molecule has 1 aliphatic rings. The molecule has 21 heavy (non-hydrogen) atoms. The molecule has 0 aromatic carbocycles. The number of rotatable bonds is 8. The Kier molecular flexibility index (Phi) is 8.00. The number of hydrogen-bond acceptors (Lipinski definition) is 6. The summed E-state index contributed by atoms with van der Waals surface area (Å²) in [6, 6.07) is 0. The molecule has 0 bridgehead atoms. The minimum Gasteiger partial charge on any atom is -0.462 e. The molecule has 1 fully saturated rings. The average Bonchev–Trinajstić information content (AvgIpc) is 2.46. The topological polar surface area (TPSA) is 71.1 Å². The average molecular weight is 300 g/mol. The van der Waals surface area contributed by atoms with E-state index in [-0.39, 0.29) is 25.1 Å². The minimum atomic E-state index is -0.516. The van der Waals surface area contributed by atoms with Crippen molar-refractivity contribution in [1.29, 1.82) is 0 Å². The third kappa shape index (κ3) is 7.24. The zero-order chi connectivity index (χ0) is 15.7. The number of carbonyl (C=O) groups is 2. The Balaban J connectivity index is 2.08. The van der Waals surface area contributed by atoms with Crippen molar-refractivity contribution in [2.24, 2.45) is 0 Å². The molecule has 0 spiro atoms. The summed E-state index contributed by atoms with van der Waals surface area (Å²) in [4.78, 5) is 22.8. The monoisotopic (exact) mass is 300 g/mol. The van der Waals surface area contributed by atoms with Crippen LogP contribution in [0.4, 0.5) is 0 Å². The molecule has 2 atom stereocenters. The second kappa shape index (κ2) is 9.52. The van der Waals surface area contributed by atoms with Crippen molar-refractivity contribution in [3.63, 3.8) is 0 Å². The molecule has 1 aliphatic heterocycles. The Morgan fingerprint density at radius 1 is 1.33 bits per heavy atom. The van der Waals surface area contributed by atoms with Gasteiger partial charge < -0.3 is 18.9 Å². The maximum atomic E-state index is 11.6. The van der Waals surface area contributed by atoms with Crippen molar-refractivity contribution in [1.82, 2.24) is 0 Å². The summed E-state index contributed by atoms with van der Waals surface area (Å²) < 4.78 is 20.8. The van der Waals surface area contributed by atoms with E-state index < -0.39 is 12.3 Å². The molecule has 0 aliphatic carbocycles. The summed E-state index contributed by atoms with van der Waals surface area (Å²) in [6.07, 6.45) is 2.44. The van der Waals surface area contributed by atoms with E-state index in [1.807, 2.05) is 0 Å². The maximum Gasteiger partial charge on any atom is 0.333 e. The van der Waals surface area contributed by atoms with E-state index in [9.17, 15) is 9.59 Å². The summed E-state index contributed by atoms with van der Waals surface area (Å²) in [6.45, 7) is 5.90. The van der Waals surface area contributed by atoms with Crippen LogP contribution in [0.5, 0.6) is 0 Å². The van der Waals surface area contributed by atoms with Gasteiger partial charge in [0.15, 0.2) is 0 Å². The first-order valence-electron chi connectivity index (χ1n) is 7.19. The lowest BCUT2D eigenvalue weighted by molar-refractivity contribution is -0.199. The largest absolute Gasteiger partial charge is 0.462 e. The van der Waals surface area contributed by atoms with Gasteiger partial charge in [0.1, 0.15) is 0 Å². The second-order valence-corrected chi connectivity index (χ2v) is 5.05. The lowest BCUT2D eigenvalue weighted by Crippen LogP contribution is -2.33. The fourth-order valence-corrected chi connectivity index (χ4v) is 1.89. The molecule has 0 saturated carbocycles. The van der Waals surface area contributed by atoms with Gasteiger partial charge in [-0.25, -0.2) is 4.79 Å². The number of ether oxygens (including phenoxy) is 4. The van der Waals surface area contributed by atoms with Crippen molar-refractivity contribution in [2.75, 3.05) is 20.3 Å². The van der Waals surface area contributed by atoms with E-state index >= 15 is 0 Å². The van der Waals surface area contributed by atoms with Crippen LogP contribution in [0.15, 0.2) is 12.2 Å². The van der Waals surface area contributed by atoms with E-state index in [0.29, 0.717) is 31.4 Å². The van der Waals surface area contributed by atoms with Crippen LogP contribution in [0.2, 0.25) is 0 Å². The van der Waals surface area contributed by atoms with Gasteiger partial charge in [0.2, 0.25) is 6.29 Å². The van der Waals surface area contributed by atoms with Crippen molar-refractivity contribution in [3.8, 4) is 0 Å². The van der Waals surface area contributed by atoms with Crippen LogP contribution >= 0.6 is 0 Å². The number of hydrogen-bond donors (Lipinski definition) is 0. The van der Waals surface area contributed by atoms with Crippen LogP contribution in [-0.2, 0) is 28.5 Å². The van der Waals surface area contributed by atoms with Crippen LogP contribution < -0.4 is 0 Å². The predicted molar refractivity (Wildman–Crippen MR) is 75.5 cm³/mol. The standard InChI is InChI=1S/C15H24O6/c1-11(2)15(17)20-8-5-4-6-13(16)21-14-10-12(18-3)7-9-19-14/h12,14H,1,4-10H2,2-3H3. The summed E-state index contributed by atoms with van der Waals surface area (Å²) in [5, 5.41) is 0. The fraction of sp³-hybridized carbons (Fsp3) is 0.733. The molecule has 0 radical (unpaired) electrons. The third-order valence-corrected chi connectivity index (χ3v) is 3.15. The van der Waals surface area contributed by atoms with Gasteiger partial charge in [-0.3, -0.25) is 4.79 Å². The molecule has 1 rings (SSSR count). The summed E-state index contributed by atoms with van der Waals surface area (Å²) >= 11 is 0. The summed E-state index contributed by atoms with van der Waals surface area (Å²) in [7, 11) is 1.64. The van der Waals surface area contributed by atoms with Crippen LogP contribution in [0.1, 0.15) is 39.0 Å². The SMILES string of the molecule is C=C(C)C(=O)OCCCCC(=O)OC1CC(OC)CCO1. The van der Waals surface area contributed by atoms with Gasteiger partial charge in [0.25, 0.3) is 0 Å². The van der Waals surface area contributed by atoms with Crippen LogP contribution in [0, 0.1) is 0 Å². The van der Waals surface area contributed by atoms with Gasteiger partial charge >= 0.3 is 11.9 Å².